The first kappa shape index (κ1) is 20.5. The average Bonchev–Trinajstić information content (AvgIpc) is 2.73. The second-order valence-electron chi connectivity index (χ2n) is 6.61. The number of rotatable bonds is 9. The van der Waals surface area contributed by atoms with Gasteiger partial charge in [-0.3, -0.25) is 0 Å². The van der Waals surface area contributed by atoms with Gasteiger partial charge in [0.25, 0.3) is 0 Å². The average molecular weight is 364 g/mol. The predicted octanol–water partition coefficient (Wildman–Crippen LogP) is 5.77. The van der Waals surface area contributed by atoms with Crippen LogP contribution in [0.5, 0.6) is 0 Å². The Bertz CT molecular complexity index is 747. The Morgan fingerprint density at radius 2 is 1.56 bits per heavy atom. The van der Waals surface area contributed by atoms with E-state index < -0.39 is 5.97 Å². The highest BCUT2D eigenvalue weighted by atomic mass is 16.6. The van der Waals surface area contributed by atoms with Crippen molar-refractivity contribution in [2.75, 3.05) is 6.61 Å². The molecule has 0 heterocycles. The van der Waals surface area contributed by atoms with Crippen LogP contribution in [0.1, 0.15) is 50.7 Å². The summed E-state index contributed by atoms with van der Waals surface area (Å²) in [5.41, 5.74) is 2.33. The molecule has 0 radical (unpaired) electrons. The van der Waals surface area contributed by atoms with Gasteiger partial charge in [0.1, 0.15) is 11.6 Å². The molecule has 0 saturated carbocycles. The van der Waals surface area contributed by atoms with E-state index in [-0.39, 0.29) is 5.57 Å². The third-order valence-electron chi connectivity index (χ3n) is 4.68. The minimum atomic E-state index is -0.546. The molecule has 0 aromatic heterocycles. The topological polar surface area (TPSA) is 50.1 Å². The van der Waals surface area contributed by atoms with Crippen LogP contribution < -0.4 is 0 Å². The summed E-state index contributed by atoms with van der Waals surface area (Å²) in [5.74, 6) is -0.208. The number of benzene rings is 2. The first-order valence-electron chi connectivity index (χ1n) is 9.63. The van der Waals surface area contributed by atoms with Crippen LogP contribution >= 0.6 is 0 Å². The second-order valence-corrected chi connectivity index (χ2v) is 6.61. The zero-order valence-corrected chi connectivity index (χ0v) is 16.2. The fraction of sp³-hybridized carbons (Fsp3) is 0.333. The van der Waals surface area contributed by atoms with Gasteiger partial charge in [-0.1, -0.05) is 93.8 Å². The van der Waals surface area contributed by atoms with Crippen molar-refractivity contribution >= 4 is 11.5 Å². The lowest BCUT2D eigenvalue weighted by Crippen LogP contribution is -2.16. The van der Waals surface area contributed by atoms with E-state index in [0.717, 1.165) is 36.8 Å². The van der Waals surface area contributed by atoms with Crippen LogP contribution in [0, 0.1) is 17.2 Å². The Morgan fingerprint density at radius 1 is 1.00 bits per heavy atom. The summed E-state index contributed by atoms with van der Waals surface area (Å²) in [7, 11) is 0. The zero-order chi connectivity index (χ0) is 19.5. The normalized spacial score (nSPS) is 11.3. The Balaban J connectivity index is 2.33. The summed E-state index contributed by atoms with van der Waals surface area (Å²) in [6.07, 6.45) is 4.25. The minimum absolute atomic E-state index is 0.0535. The van der Waals surface area contributed by atoms with Gasteiger partial charge in [-0.05, 0) is 23.5 Å². The van der Waals surface area contributed by atoms with Crippen LogP contribution in [0.4, 0.5) is 0 Å². The lowest BCUT2D eigenvalue weighted by atomic mass is 10.0. The molecule has 0 bridgehead atoms. The highest BCUT2D eigenvalue weighted by molar-refractivity contribution is 6.05. The van der Waals surface area contributed by atoms with Gasteiger partial charge in [0.15, 0.2) is 0 Å². The SMILES string of the molecule is CCCCC(CC)CO[13C](=O)[13C]([13C]#N)=C(c1ccccc1)c1ccccc1. The number of carbonyl (C=O) groups is 1. The molecule has 1 unspecified atom stereocenters. The Hall–Kier alpha value is -2.86. The summed E-state index contributed by atoms with van der Waals surface area (Å²) >= 11 is 0. The van der Waals surface area contributed by atoms with Crippen LogP contribution in [0.15, 0.2) is 66.2 Å². The van der Waals surface area contributed by atoms with Crippen molar-refractivity contribution < 1.29 is 9.53 Å². The molecule has 2 rings (SSSR count). The molecule has 3 heteroatoms. The van der Waals surface area contributed by atoms with E-state index in [1.54, 1.807) is 0 Å². The molecule has 0 spiro atoms. The maximum Gasteiger partial charge on any atom is 0.349 e. The van der Waals surface area contributed by atoms with Crippen molar-refractivity contribution in [1.82, 2.24) is 0 Å². The number of ether oxygens (including phenoxy) is 1. The van der Waals surface area contributed by atoms with Gasteiger partial charge in [0.05, 0.1) is 6.61 Å². The standard InChI is InChI=1S/C24H27NO2/c1-3-5-12-19(4-2)18-27-24(26)22(17-25)23(20-13-8-6-9-14-20)21-15-10-7-11-16-21/h6-11,13-16,19H,3-5,12,18H2,1-2H3/i17+1,22+1,24+1. The molecular weight excluding hydrogens is 337 g/mol. The van der Waals surface area contributed by atoms with Crippen molar-refractivity contribution in [2.24, 2.45) is 5.92 Å². The van der Waals surface area contributed by atoms with E-state index in [1.165, 1.54) is 0 Å². The summed E-state index contributed by atoms with van der Waals surface area (Å²) in [4.78, 5) is 12.8. The van der Waals surface area contributed by atoms with Crippen molar-refractivity contribution in [3.8, 4) is 6.07 Å². The Labute approximate surface area is 162 Å². The molecule has 0 saturated heterocycles. The Kier molecular flexibility index (Phi) is 8.32. The molecule has 2 aromatic rings. The summed E-state index contributed by atoms with van der Waals surface area (Å²) < 4.78 is 5.55. The van der Waals surface area contributed by atoms with Crippen molar-refractivity contribution in [1.29, 1.82) is 5.26 Å². The summed E-state index contributed by atoms with van der Waals surface area (Å²) in [6.45, 7) is 4.62. The molecule has 0 fully saturated rings. The molecular formula is C24H27NO2. The van der Waals surface area contributed by atoms with Crippen molar-refractivity contribution in [2.45, 2.75) is 39.5 Å². The van der Waals surface area contributed by atoms with E-state index >= 15 is 0 Å². The van der Waals surface area contributed by atoms with Gasteiger partial charge in [-0.25, -0.2) is 4.79 Å². The minimum Gasteiger partial charge on any atom is -0.461 e. The number of nitriles is 1. The predicted molar refractivity (Wildman–Crippen MR) is 109 cm³/mol. The molecule has 2 aromatic carbocycles. The number of hydrogen-bond donors (Lipinski definition) is 0. The molecule has 3 nitrogen and oxygen atoms in total. The van der Waals surface area contributed by atoms with Crippen molar-refractivity contribution in [3.05, 3.63) is 77.4 Å². The van der Waals surface area contributed by atoms with Crippen LogP contribution in [-0.2, 0) is 9.53 Å². The second kappa shape index (κ2) is 11.0. The van der Waals surface area contributed by atoms with E-state index in [4.69, 9.17) is 4.74 Å². The highest BCUT2D eigenvalue weighted by Crippen LogP contribution is 2.27. The molecule has 1 atom stereocenters. The number of nitrogens with zero attached hydrogens (tertiary/aromatic N) is 1. The Morgan fingerprint density at radius 3 is 2.00 bits per heavy atom. The van der Waals surface area contributed by atoms with E-state index in [2.05, 4.69) is 19.9 Å². The first-order valence-corrected chi connectivity index (χ1v) is 9.63. The smallest absolute Gasteiger partial charge is 0.349 e. The van der Waals surface area contributed by atoms with Gasteiger partial charge in [0, 0.05) is 5.57 Å². The van der Waals surface area contributed by atoms with Crippen molar-refractivity contribution in [3.63, 3.8) is 0 Å². The van der Waals surface area contributed by atoms with Crippen LogP contribution in [0.3, 0.4) is 0 Å². The molecule has 0 aliphatic carbocycles. The molecule has 0 aliphatic rings. The van der Waals surface area contributed by atoms with Crippen LogP contribution in [0.25, 0.3) is 5.57 Å². The third-order valence-corrected chi connectivity index (χ3v) is 4.68. The van der Waals surface area contributed by atoms with Crippen LogP contribution in [-0.4, -0.2) is 12.6 Å². The van der Waals surface area contributed by atoms with E-state index in [9.17, 15) is 10.1 Å². The van der Waals surface area contributed by atoms with Crippen LogP contribution in [0.2, 0.25) is 0 Å². The number of esters is 1. The lowest BCUT2D eigenvalue weighted by molar-refractivity contribution is -0.139. The monoisotopic (exact) mass is 364 g/mol. The molecule has 0 aliphatic heterocycles. The molecule has 27 heavy (non-hydrogen) atoms. The quantitative estimate of drug-likeness (QED) is 0.245. The molecule has 0 amide bonds. The molecule has 0 N–H and O–H groups in total. The van der Waals surface area contributed by atoms with Gasteiger partial charge in [-0.15, -0.1) is 0 Å². The van der Waals surface area contributed by atoms with E-state index in [0.29, 0.717) is 18.1 Å². The number of unbranched alkanes of at least 4 members (excludes halogenated alkanes) is 1. The maximum absolute atomic E-state index is 12.8. The van der Waals surface area contributed by atoms with Gasteiger partial charge < -0.3 is 4.74 Å². The zero-order valence-electron chi connectivity index (χ0n) is 16.2. The maximum atomic E-state index is 12.8. The summed E-state index contributed by atoms with van der Waals surface area (Å²) in [6, 6.07) is 21.1. The largest absolute Gasteiger partial charge is 0.461 e. The van der Waals surface area contributed by atoms with Gasteiger partial charge in [-0.2, -0.15) is 5.26 Å². The molecule has 140 valence electrons. The third kappa shape index (κ3) is 5.82. The number of hydrogen-bond acceptors (Lipinski definition) is 3. The first-order chi connectivity index (χ1) is 13.2. The fourth-order valence-corrected chi connectivity index (χ4v) is 3.03. The van der Waals surface area contributed by atoms with E-state index in [1.807, 2.05) is 60.7 Å². The van der Waals surface area contributed by atoms with Gasteiger partial charge >= 0.3 is 5.97 Å². The fourth-order valence-electron chi connectivity index (χ4n) is 3.03. The summed E-state index contributed by atoms with van der Waals surface area (Å²) in [5, 5.41) is 9.74. The number of carbonyl (C=O) groups excluding carboxylic acids is 1. The van der Waals surface area contributed by atoms with Gasteiger partial charge in [0.2, 0.25) is 0 Å². The lowest BCUT2D eigenvalue weighted by Gasteiger charge is -2.16. The highest BCUT2D eigenvalue weighted by Gasteiger charge is 2.21.